The summed E-state index contributed by atoms with van der Waals surface area (Å²) < 4.78 is 29.1. The van der Waals surface area contributed by atoms with Crippen LogP contribution in [0.15, 0.2) is 58.1 Å². The van der Waals surface area contributed by atoms with Crippen molar-refractivity contribution < 1.29 is 13.4 Å². The zero-order valence-corrected chi connectivity index (χ0v) is 11.6. The second-order valence-electron chi connectivity index (χ2n) is 4.26. The average molecular weight is 292 g/mol. The molecule has 0 N–H and O–H groups in total. The molecule has 1 aromatic carbocycles. The van der Waals surface area contributed by atoms with E-state index >= 15 is 0 Å². The van der Waals surface area contributed by atoms with Crippen LogP contribution in [-0.4, -0.2) is 21.4 Å². The number of nitrogens with zero attached hydrogens (tertiary/aromatic N) is 2. The van der Waals surface area contributed by atoms with Gasteiger partial charge in [-0.1, -0.05) is 18.2 Å². The SMILES string of the molecule is CS(=O)(=NC(=O)Cc1cccc(F)c1)c1ccccn1. The van der Waals surface area contributed by atoms with E-state index in [4.69, 9.17) is 0 Å². The van der Waals surface area contributed by atoms with Crippen LogP contribution in [0.5, 0.6) is 0 Å². The van der Waals surface area contributed by atoms with Crippen LogP contribution in [0.1, 0.15) is 5.56 Å². The summed E-state index contributed by atoms with van der Waals surface area (Å²) in [5.41, 5.74) is 0.495. The van der Waals surface area contributed by atoms with E-state index in [9.17, 15) is 13.4 Å². The minimum absolute atomic E-state index is 0.0879. The van der Waals surface area contributed by atoms with E-state index < -0.39 is 21.5 Å². The normalized spacial score (nSPS) is 13.5. The molecule has 0 aliphatic heterocycles. The zero-order chi connectivity index (χ0) is 14.6. The highest BCUT2D eigenvalue weighted by Gasteiger charge is 2.11. The molecule has 0 fully saturated rings. The van der Waals surface area contributed by atoms with E-state index in [-0.39, 0.29) is 11.4 Å². The lowest BCUT2D eigenvalue weighted by molar-refractivity contribution is -0.117. The number of carbonyl (C=O) groups excluding carboxylic acids is 1. The molecule has 20 heavy (non-hydrogen) atoms. The summed E-state index contributed by atoms with van der Waals surface area (Å²) in [6.07, 6.45) is 2.76. The molecule has 1 aromatic heterocycles. The summed E-state index contributed by atoms with van der Waals surface area (Å²) in [6.45, 7) is 0. The Bertz CT molecular complexity index is 738. The van der Waals surface area contributed by atoms with Crippen molar-refractivity contribution in [1.82, 2.24) is 4.98 Å². The monoisotopic (exact) mass is 292 g/mol. The first-order chi connectivity index (χ1) is 9.47. The zero-order valence-electron chi connectivity index (χ0n) is 10.8. The molecule has 0 aliphatic carbocycles. The number of pyridine rings is 1. The van der Waals surface area contributed by atoms with Gasteiger partial charge in [-0.3, -0.25) is 4.79 Å². The number of hydrogen-bond donors (Lipinski definition) is 0. The second kappa shape index (κ2) is 5.92. The molecular weight excluding hydrogens is 279 g/mol. The maximum atomic E-state index is 13.0. The molecule has 1 atom stereocenters. The first-order valence-electron chi connectivity index (χ1n) is 5.88. The third kappa shape index (κ3) is 3.71. The van der Waals surface area contributed by atoms with Gasteiger partial charge in [0.25, 0.3) is 5.91 Å². The van der Waals surface area contributed by atoms with Crippen LogP contribution in [-0.2, 0) is 20.9 Å². The van der Waals surface area contributed by atoms with E-state index in [1.165, 1.54) is 30.7 Å². The van der Waals surface area contributed by atoms with Crippen LogP contribution < -0.4 is 0 Å². The van der Waals surface area contributed by atoms with Gasteiger partial charge in [0.05, 0.1) is 16.1 Å². The highest BCUT2D eigenvalue weighted by molar-refractivity contribution is 7.93. The number of benzene rings is 1. The van der Waals surface area contributed by atoms with E-state index in [2.05, 4.69) is 9.35 Å². The topological polar surface area (TPSA) is 59.4 Å². The Balaban J connectivity index is 2.22. The fraction of sp³-hybridized carbons (Fsp3) is 0.143. The van der Waals surface area contributed by atoms with E-state index in [1.807, 2.05) is 0 Å². The molecule has 0 radical (unpaired) electrons. The van der Waals surface area contributed by atoms with Gasteiger partial charge < -0.3 is 0 Å². The number of halogens is 1. The Hall–Kier alpha value is -2.08. The van der Waals surface area contributed by atoms with Crippen molar-refractivity contribution in [3.63, 3.8) is 0 Å². The molecule has 0 saturated carbocycles. The first-order valence-corrected chi connectivity index (χ1v) is 7.80. The van der Waals surface area contributed by atoms with Gasteiger partial charge in [0.2, 0.25) is 0 Å². The van der Waals surface area contributed by atoms with Crippen molar-refractivity contribution in [3.8, 4) is 0 Å². The number of aromatic nitrogens is 1. The van der Waals surface area contributed by atoms with Crippen molar-refractivity contribution in [2.24, 2.45) is 4.36 Å². The van der Waals surface area contributed by atoms with Gasteiger partial charge in [-0.2, -0.15) is 4.36 Å². The molecule has 104 valence electrons. The lowest BCUT2D eigenvalue weighted by atomic mass is 10.1. The molecule has 1 heterocycles. The number of hydrogen-bond acceptors (Lipinski definition) is 3. The maximum Gasteiger partial charge on any atom is 0.258 e. The van der Waals surface area contributed by atoms with Crippen LogP contribution in [0.4, 0.5) is 4.39 Å². The van der Waals surface area contributed by atoms with Crippen molar-refractivity contribution in [2.75, 3.05) is 6.26 Å². The van der Waals surface area contributed by atoms with Crippen molar-refractivity contribution >= 4 is 15.6 Å². The van der Waals surface area contributed by atoms with Gasteiger partial charge in [0, 0.05) is 12.5 Å². The molecule has 0 saturated heterocycles. The second-order valence-corrected chi connectivity index (χ2v) is 6.47. The van der Waals surface area contributed by atoms with Crippen LogP contribution in [0.25, 0.3) is 0 Å². The Labute approximate surface area is 116 Å². The number of rotatable bonds is 3. The van der Waals surface area contributed by atoms with Gasteiger partial charge in [0.1, 0.15) is 10.8 Å². The Kier molecular flexibility index (Phi) is 4.24. The minimum atomic E-state index is -2.87. The van der Waals surface area contributed by atoms with Crippen LogP contribution in [0.3, 0.4) is 0 Å². The lowest BCUT2D eigenvalue weighted by Gasteiger charge is -2.02. The molecule has 6 heteroatoms. The van der Waals surface area contributed by atoms with E-state index in [0.29, 0.717) is 5.56 Å². The molecule has 2 rings (SSSR count). The summed E-state index contributed by atoms with van der Waals surface area (Å²) in [5.74, 6) is -0.981. The van der Waals surface area contributed by atoms with E-state index in [0.717, 1.165) is 0 Å². The molecule has 0 bridgehead atoms. The summed E-state index contributed by atoms with van der Waals surface area (Å²) in [4.78, 5) is 15.8. The largest absolute Gasteiger partial charge is 0.272 e. The number of carbonyl (C=O) groups is 1. The highest BCUT2D eigenvalue weighted by Crippen LogP contribution is 2.10. The highest BCUT2D eigenvalue weighted by atomic mass is 32.2. The van der Waals surface area contributed by atoms with Gasteiger partial charge in [-0.05, 0) is 29.8 Å². The lowest BCUT2D eigenvalue weighted by Crippen LogP contribution is -2.07. The number of amides is 1. The predicted molar refractivity (Wildman–Crippen MR) is 74.1 cm³/mol. The van der Waals surface area contributed by atoms with Crippen molar-refractivity contribution in [2.45, 2.75) is 11.4 Å². The summed E-state index contributed by atoms with van der Waals surface area (Å²) in [5, 5.41) is 0.257. The molecule has 1 unspecified atom stereocenters. The van der Waals surface area contributed by atoms with Crippen LogP contribution >= 0.6 is 0 Å². The Morgan fingerprint density at radius 1 is 1.30 bits per heavy atom. The van der Waals surface area contributed by atoms with Crippen LogP contribution in [0.2, 0.25) is 0 Å². The van der Waals surface area contributed by atoms with Gasteiger partial charge in [0.15, 0.2) is 0 Å². The molecule has 0 aliphatic rings. The summed E-state index contributed by atoms with van der Waals surface area (Å²) in [6, 6.07) is 10.6. The minimum Gasteiger partial charge on any atom is -0.272 e. The molecule has 1 amide bonds. The third-order valence-electron chi connectivity index (χ3n) is 2.55. The average Bonchev–Trinajstić information content (AvgIpc) is 2.39. The van der Waals surface area contributed by atoms with Gasteiger partial charge in [-0.15, -0.1) is 0 Å². The van der Waals surface area contributed by atoms with Crippen molar-refractivity contribution in [3.05, 3.63) is 60.0 Å². The fourth-order valence-electron chi connectivity index (χ4n) is 1.67. The van der Waals surface area contributed by atoms with Gasteiger partial charge >= 0.3 is 0 Å². The summed E-state index contributed by atoms with van der Waals surface area (Å²) in [7, 11) is -2.87. The van der Waals surface area contributed by atoms with E-state index in [1.54, 1.807) is 24.3 Å². The van der Waals surface area contributed by atoms with Crippen LogP contribution in [0, 0.1) is 5.82 Å². The maximum absolute atomic E-state index is 13.0. The third-order valence-corrected chi connectivity index (χ3v) is 4.12. The molecule has 2 aromatic rings. The van der Waals surface area contributed by atoms with Gasteiger partial charge in [-0.25, -0.2) is 13.6 Å². The first kappa shape index (κ1) is 14.3. The fourth-order valence-corrected chi connectivity index (χ4v) is 2.80. The Morgan fingerprint density at radius 2 is 2.10 bits per heavy atom. The quantitative estimate of drug-likeness (QED) is 0.873. The molecule has 0 spiro atoms. The van der Waals surface area contributed by atoms with Crippen molar-refractivity contribution in [1.29, 1.82) is 0 Å². The standard InChI is InChI=1S/C14H13FN2O2S/c1-20(19,14-7-2-3-8-16-14)17-13(18)10-11-5-4-6-12(15)9-11/h2-9H,10H2,1H3. The Morgan fingerprint density at radius 3 is 2.75 bits per heavy atom. The summed E-state index contributed by atoms with van der Waals surface area (Å²) >= 11 is 0. The molecule has 4 nitrogen and oxygen atoms in total. The molecular formula is C14H13FN2O2S. The smallest absolute Gasteiger partial charge is 0.258 e. The predicted octanol–water partition coefficient (Wildman–Crippen LogP) is 2.45.